The van der Waals surface area contributed by atoms with E-state index in [9.17, 15) is 24.0 Å². The zero-order valence-electron chi connectivity index (χ0n) is 21.7. The maximum atomic E-state index is 12.1. The van der Waals surface area contributed by atoms with Crippen molar-refractivity contribution in [2.24, 2.45) is 5.73 Å². The van der Waals surface area contributed by atoms with Crippen LogP contribution < -0.4 is 5.73 Å². The van der Waals surface area contributed by atoms with Gasteiger partial charge in [-0.05, 0) is 27.7 Å². The van der Waals surface area contributed by atoms with Gasteiger partial charge in [0, 0.05) is 33.3 Å². The third kappa shape index (κ3) is 6.59. The predicted molar refractivity (Wildman–Crippen MR) is 120 cm³/mol. The second kappa shape index (κ2) is 10.9. The summed E-state index contributed by atoms with van der Waals surface area (Å²) < 4.78 is 27.2. The molecule has 13 nitrogen and oxygen atoms in total. The Bertz CT molecular complexity index is 942. The van der Waals surface area contributed by atoms with Crippen molar-refractivity contribution >= 4 is 29.8 Å². The molecule has 2 N–H and O–H groups in total. The Morgan fingerprint density at radius 3 is 1.81 bits per heavy atom. The molecule has 2 rings (SSSR count). The molecule has 0 spiro atoms. The number of rotatable bonds is 8. The lowest BCUT2D eigenvalue weighted by Gasteiger charge is -2.48. The number of carbonyl (C=O) groups excluding carboxylic acids is 5. The van der Waals surface area contributed by atoms with E-state index in [1.807, 2.05) is 0 Å². The van der Waals surface area contributed by atoms with Crippen molar-refractivity contribution in [3.8, 4) is 0 Å². The number of hydroxylamine groups is 2. The third-order valence-electron chi connectivity index (χ3n) is 5.61. The summed E-state index contributed by atoms with van der Waals surface area (Å²) in [5.41, 5.74) is 3.92. The van der Waals surface area contributed by atoms with Crippen LogP contribution in [0.25, 0.3) is 0 Å². The fraction of sp³-hybridized carbons (Fsp3) is 0.696. The predicted octanol–water partition coefficient (Wildman–Crippen LogP) is 0.286. The molecule has 2 aliphatic rings. The van der Waals surface area contributed by atoms with Crippen LogP contribution in [-0.2, 0) is 52.5 Å². The van der Waals surface area contributed by atoms with Crippen LogP contribution in [0.5, 0.6) is 0 Å². The van der Waals surface area contributed by atoms with E-state index < -0.39 is 78.2 Å². The summed E-state index contributed by atoms with van der Waals surface area (Å²) in [4.78, 5) is 65.6. The minimum absolute atomic E-state index is 0.276. The molecule has 0 bridgehead atoms. The molecule has 36 heavy (non-hydrogen) atoms. The van der Waals surface area contributed by atoms with Crippen LogP contribution in [0.4, 0.5) is 0 Å². The third-order valence-corrected chi connectivity index (χ3v) is 5.61. The standard InChI is InChI=1S/C23H34N2O11/c1-11(26)31-10-16-17(32-12(2)27)18(33-13(3)28)19(34-14(4)29)21(35-16)36-25-22(5,6)9-15(20(24)30)23(25,7)8/h9,16-19,21H,10H2,1-8H3,(H2,24,30)/t16-,17-,18+,19-,21+/m1/s1. The van der Waals surface area contributed by atoms with Gasteiger partial charge in [0.1, 0.15) is 12.7 Å². The van der Waals surface area contributed by atoms with Gasteiger partial charge in [-0.3, -0.25) is 28.8 Å². The van der Waals surface area contributed by atoms with E-state index >= 15 is 0 Å². The van der Waals surface area contributed by atoms with E-state index in [-0.39, 0.29) is 5.57 Å². The molecule has 13 heteroatoms. The van der Waals surface area contributed by atoms with Gasteiger partial charge < -0.3 is 29.4 Å². The van der Waals surface area contributed by atoms with Gasteiger partial charge in [0.2, 0.25) is 12.2 Å². The lowest BCUT2D eigenvalue weighted by Crippen LogP contribution is -2.65. The molecule has 0 radical (unpaired) electrons. The topological polar surface area (TPSA) is 170 Å². The second-order valence-corrected chi connectivity index (χ2v) is 9.60. The summed E-state index contributed by atoms with van der Waals surface area (Å²) in [6.45, 7) is 11.1. The first kappa shape index (κ1) is 29.2. The first-order valence-electron chi connectivity index (χ1n) is 11.3. The second-order valence-electron chi connectivity index (χ2n) is 9.60. The van der Waals surface area contributed by atoms with E-state index in [4.69, 9.17) is 34.3 Å². The van der Waals surface area contributed by atoms with Crippen molar-refractivity contribution in [1.82, 2.24) is 5.06 Å². The van der Waals surface area contributed by atoms with Crippen molar-refractivity contribution < 1.29 is 52.5 Å². The Labute approximate surface area is 209 Å². The summed E-state index contributed by atoms with van der Waals surface area (Å²) in [5.74, 6) is -3.56. The van der Waals surface area contributed by atoms with Gasteiger partial charge in [0.25, 0.3) is 0 Å². The van der Waals surface area contributed by atoms with Crippen molar-refractivity contribution in [2.75, 3.05) is 6.61 Å². The normalized spacial score (nSPS) is 29.0. The molecule has 0 unspecified atom stereocenters. The molecule has 0 saturated carbocycles. The monoisotopic (exact) mass is 514 g/mol. The number of primary amides is 1. The molecule has 202 valence electrons. The maximum Gasteiger partial charge on any atom is 0.303 e. The molecule has 0 aromatic rings. The number of hydrogen-bond donors (Lipinski definition) is 1. The Morgan fingerprint density at radius 2 is 1.36 bits per heavy atom. The number of esters is 4. The van der Waals surface area contributed by atoms with Crippen molar-refractivity contribution in [2.45, 2.75) is 97.2 Å². The van der Waals surface area contributed by atoms with Crippen molar-refractivity contribution in [1.29, 1.82) is 0 Å². The highest BCUT2D eigenvalue weighted by Gasteiger charge is 2.56. The summed E-state index contributed by atoms with van der Waals surface area (Å²) >= 11 is 0. The Balaban J connectivity index is 2.54. The molecular formula is C23H34N2O11. The summed E-state index contributed by atoms with van der Waals surface area (Å²) in [7, 11) is 0. The van der Waals surface area contributed by atoms with Gasteiger partial charge >= 0.3 is 23.9 Å². The van der Waals surface area contributed by atoms with Crippen LogP contribution in [-0.4, -0.2) is 83.2 Å². The van der Waals surface area contributed by atoms with E-state index in [1.54, 1.807) is 33.8 Å². The van der Waals surface area contributed by atoms with Gasteiger partial charge in [-0.1, -0.05) is 6.08 Å². The molecular weight excluding hydrogens is 480 g/mol. The smallest absolute Gasteiger partial charge is 0.303 e. The average Bonchev–Trinajstić information content (AvgIpc) is 2.89. The molecule has 2 aliphatic heterocycles. The van der Waals surface area contributed by atoms with Gasteiger partial charge in [-0.25, -0.2) is 0 Å². The molecule has 0 aromatic carbocycles. The molecule has 0 aromatic heterocycles. The van der Waals surface area contributed by atoms with Gasteiger partial charge in [-0.15, -0.1) is 0 Å². The fourth-order valence-electron chi connectivity index (χ4n) is 4.44. The van der Waals surface area contributed by atoms with Crippen molar-refractivity contribution in [3.63, 3.8) is 0 Å². The van der Waals surface area contributed by atoms with E-state index in [0.29, 0.717) is 0 Å². The first-order chi connectivity index (χ1) is 16.5. The molecule has 1 fully saturated rings. The zero-order valence-corrected chi connectivity index (χ0v) is 21.7. The highest BCUT2D eigenvalue weighted by molar-refractivity contribution is 5.95. The number of ether oxygens (including phenoxy) is 5. The quantitative estimate of drug-likeness (QED) is 0.347. The Morgan fingerprint density at radius 1 is 0.861 bits per heavy atom. The maximum absolute atomic E-state index is 12.1. The molecule has 2 heterocycles. The molecule has 5 atom stereocenters. The molecule has 1 amide bonds. The highest BCUT2D eigenvalue weighted by Crippen LogP contribution is 2.42. The van der Waals surface area contributed by atoms with Crippen LogP contribution in [0.15, 0.2) is 11.6 Å². The summed E-state index contributed by atoms with van der Waals surface area (Å²) in [5, 5.41) is 1.45. The van der Waals surface area contributed by atoms with Gasteiger partial charge in [0.05, 0.1) is 11.1 Å². The number of nitrogens with zero attached hydrogens (tertiary/aromatic N) is 1. The van der Waals surface area contributed by atoms with E-state index in [2.05, 4.69) is 0 Å². The lowest BCUT2D eigenvalue weighted by atomic mass is 9.96. The van der Waals surface area contributed by atoms with E-state index in [1.165, 1.54) is 12.0 Å². The summed E-state index contributed by atoms with van der Waals surface area (Å²) in [6.07, 6.45) is -5.07. The first-order valence-corrected chi connectivity index (χ1v) is 11.3. The van der Waals surface area contributed by atoms with E-state index in [0.717, 1.165) is 20.8 Å². The van der Waals surface area contributed by atoms with Gasteiger partial charge in [-0.2, -0.15) is 5.06 Å². The number of nitrogens with two attached hydrogens (primary N) is 1. The Hall–Kier alpha value is -3.03. The van der Waals surface area contributed by atoms with Crippen LogP contribution in [0.2, 0.25) is 0 Å². The van der Waals surface area contributed by atoms with Gasteiger partial charge in [0.15, 0.2) is 18.3 Å². The minimum atomic E-state index is -1.44. The fourth-order valence-corrected chi connectivity index (χ4v) is 4.44. The zero-order chi connectivity index (χ0) is 27.6. The van der Waals surface area contributed by atoms with Crippen LogP contribution >= 0.6 is 0 Å². The van der Waals surface area contributed by atoms with Crippen molar-refractivity contribution in [3.05, 3.63) is 11.6 Å². The SMILES string of the molecule is CC(=O)OC[C@H]1O[C@@H](ON2C(C)(C)C=C(C(N)=O)C2(C)C)[C@H](OC(C)=O)[C@@H](OC(C)=O)[C@@H]1OC(C)=O. The minimum Gasteiger partial charge on any atom is -0.463 e. The number of amides is 1. The highest BCUT2D eigenvalue weighted by atomic mass is 16.8. The number of carbonyl (C=O) groups is 5. The number of hydrogen-bond acceptors (Lipinski definition) is 12. The average molecular weight is 515 g/mol. The molecule has 1 saturated heterocycles. The summed E-state index contributed by atoms with van der Waals surface area (Å²) in [6, 6.07) is 0. The molecule has 0 aliphatic carbocycles. The lowest BCUT2D eigenvalue weighted by molar-refractivity contribution is -0.386. The largest absolute Gasteiger partial charge is 0.463 e. The van der Waals surface area contributed by atoms with Crippen LogP contribution in [0, 0.1) is 0 Å². The van der Waals surface area contributed by atoms with Crippen LogP contribution in [0.1, 0.15) is 55.4 Å². The van der Waals surface area contributed by atoms with Crippen LogP contribution in [0.3, 0.4) is 0 Å². The Kier molecular flexibility index (Phi) is 8.86.